The van der Waals surface area contributed by atoms with E-state index >= 15 is 0 Å². The first-order valence-electron chi connectivity index (χ1n) is 23.3. The molecule has 0 atom stereocenters. The van der Waals surface area contributed by atoms with Gasteiger partial charge in [-0.2, -0.15) is 0 Å². The zero-order valence-corrected chi connectivity index (χ0v) is 36.5. The van der Waals surface area contributed by atoms with Gasteiger partial charge in [-0.15, -0.1) is 0 Å². The minimum absolute atomic E-state index is 0.545. The van der Waals surface area contributed by atoms with Crippen LogP contribution in [-0.4, -0.2) is 9.13 Å². The molecule has 0 amide bonds. The molecule has 15 rings (SSSR count). The quantitative estimate of drug-likeness (QED) is 0.148. The summed E-state index contributed by atoms with van der Waals surface area (Å²) < 4.78 is 4.86. The molecule has 1 aliphatic carbocycles. The molecule has 2 nitrogen and oxygen atoms in total. The molecule has 310 valence electrons. The van der Waals surface area contributed by atoms with Crippen molar-refractivity contribution in [3.8, 4) is 44.8 Å². The maximum absolute atomic E-state index is 2.47. The standard InChI is InChI=1S/C65H40N2/c1-3-15-49(16-4-1)65(50-17-5-2-6-18-50)55-39-47(41-27-33-51(34-28-41)66-57-19-7-11-43-23-24-44-12-8-20-58(66)62(44)61(43)57)31-37-53(55)54-38-32-48(40-56(54)65)42-29-35-52(36-30-42)67-59-21-9-13-45-25-26-46-14-10-22-60(67)64(46)63(45)59/h1-40H. The Bertz CT molecular complexity index is 3820. The highest BCUT2D eigenvalue weighted by atomic mass is 15.0. The van der Waals surface area contributed by atoms with Gasteiger partial charge >= 0.3 is 0 Å². The van der Waals surface area contributed by atoms with Crippen LogP contribution < -0.4 is 0 Å². The number of rotatable bonds is 6. The van der Waals surface area contributed by atoms with E-state index in [2.05, 4.69) is 252 Å². The van der Waals surface area contributed by atoms with Crippen LogP contribution in [0.3, 0.4) is 0 Å². The zero-order chi connectivity index (χ0) is 43.8. The molecule has 2 heterocycles. The zero-order valence-electron chi connectivity index (χ0n) is 36.5. The Morgan fingerprint density at radius 2 is 0.582 bits per heavy atom. The van der Waals surface area contributed by atoms with Crippen molar-refractivity contribution in [3.63, 3.8) is 0 Å². The molecular weight excluding hydrogens is 809 g/mol. The van der Waals surface area contributed by atoms with Crippen molar-refractivity contribution >= 4 is 65.2 Å². The van der Waals surface area contributed by atoms with E-state index in [0.29, 0.717) is 0 Å². The van der Waals surface area contributed by atoms with E-state index < -0.39 is 5.41 Å². The molecule has 0 radical (unpaired) electrons. The summed E-state index contributed by atoms with van der Waals surface area (Å²) >= 11 is 0. The van der Waals surface area contributed by atoms with E-state index in [9.17, 15) is 0 Å². The third-order valence-electron chi connectivity index (χ3n) is 15.1. The van der Waals surface area contributed by atoms with Crippen LogP contribution >= 0.6 is 0 Å². The fourth-order valence-electron chi connectivity index (χ4n) is 12.2. The van der Waals surface area contributed by atoms with Crippen LogP contribution in [0.1, 0.15) is 22.3 Å². The van der Waals surface area contributed by atoms with Gasteiger partial charge in [0.1, 0.15) is 0 Å². The van der Waals surface area contributed by atoms with Gasteiger partial charge in [-0.05, 0) is 138 Å². The minimum Gasteiger partial charge on any atom is -0.309 e. The van der Waals surface area contributed by atoms with E-state index in [1.54, 1.807) is 0 Å². The van der Waals surface area contributed by atoms with Crippen molar-refractivity contribution < 1.29 is 0 Å². The summed E-state index contributed by atoms with van der Waals surface area (Å²) in [6, 6.07) is 90.7. The fraction of sp³-hybridized carbons (Fsp3) is 0.0154. The van der Waals surface area contributed by atoms with Gasteiger partial charge in [-0.25, -0.2) is 0 Å². The second-order valence-electron chi connectivity index (χ2n) is 18.4. The number of benzene rings is 12. The lowest BCUT2D eigenvalue weighted by atomic mass is 9.67. The van der Waals surface area contributed by atoms with Crippen LogP contribution in [0.4, 0.5) is 0 Å². The largest absolute Gasteiger partial charge is 0.309 e. The third kappa shape index (κ3) is 4.99. The average Bonchev–Trinajstić information content (AvgIpc) is 4.03. The van der Waals surface area contributed by atoms with Crippen LogP contribution in [0.2, 0.25) is 0 Å². The van der Waals surface area contributed by atoms with Crippen LogP contribution in [0, 0.1) is 0 Å². The number of aromatic nitrogens is 2. The van der Waals surface area contributed by atoms with Gasteiger partial charge in [0.25, 0.3) is 0 Å². The third-order valence-corrected chi connectivity index (χ3v) is 15.1. The molecule has 0 spiro atoms. The molecule has 2 heteroatoms. The summed E-state index contributed by atoms with van der Waals surface area (Å²) in [6.07, 6.45) is 0. The van der Waals surface area contributed by atoms with Gasteiger partial charge < -0.3 is 9.13 Å². The lowest BCUT2D eigenvalue weighted by Crippen LogP contribution is -2.28. The summed E-state index contributed by atoms with van der Waals surface area (Å²) in [7, 11) is 0. The van der Waals surface area contributed by atoms with Crippen molar-refractivity contribution in [1.29, 1.82) is 0 Å². The van der Waals surface area contributed by atoms with Gasteiger partial charge in [-0.3, -0.25) is 0 Å². The van der Waals surface area contributed by atoms with Crippen LogP contribution in [0.25, 0.3) is 110 Å². The highest BCUT2D eigenvalue weighted by Gasteiger charge is 2.46. The second-order valence-corrected chi connectivity index (χ2v) is 18.4. The van der Waals surface area contributed by atoms with E-state index in [0.717, 1.165) is 11.4 Å². The SMILES string of the molecule is c1ccc(C2(c3ccccc3)c3cc(-c4ccc(-n5c6cccc7ccc8cccc5c8c76)cc4)ccc3-c3ccc(-c4ccc(-n5c6cccc7ccc8cccc5c8c76)cc4)cc32)cc1. The van der Waals surface area contributed by atoms with Gasteiger partial charge in [0.15, 0.2) is 0 Å². The van der Waals surface area contributed by atoms with E-state index in [4.69, 9.17) is 0 Å². The predicted molar refractivity (Wildman–Crippen MR) is 281 cm³/mol. The number of hydrogen-bond acceptors (Lipinski definition) is 0. The van der Waals surface area contributed by atoms with E-state index in [1.807, 2.05) is 0 Å². The fourth-order valence-corrected chi connectivity index (χ4v) is 12.2. The molecule has 0 aliphatic heterocycles. The monoisotopic (exact) mass is 848 g/mol. The normalized spacial score (nSPS) is 13.2. The summed E-state index contributed by atoms with van der Waals surface area (Å²) in [4.78, 5) is 0. The molecule has 0 fully saturated rings. The number of fused-ring (bicyclic) bond motifs is 3. The Labute approximate surface area is 387 Å². The maximum Gasteiger partial charge on any atom is 0.0713 e. The summed E-state index contributed by atoms with van der Waals surface area (Å²) in [5.41, 5.74) is 19.2. The molecular formula is C65H40N2. The lowest BCUT2D eigenvalue weighted by Gasteiger charge is -2.34. The lowest BCUT2D eigenvalue weighted by molar-refractivity contribution is 0.769. The smallest absolute Gasteiger partial charge is 0.0713 e. The van der Waals surface area contributed by atoms with Gasteiger partial charge in [0.05, 0.1) is 27.5 Å². The van der Waals surface area contributed by atoms with Crippen LogP contribution in [0.15, 0.2) is 243 Å². The minimum atomic E-state index is -0.545. The van der Waals surface area contributed by atoms with Crippen molar-refractivity contribution in [2.75, 3.05) is 0 Å². The first-order valence-corrected chi connectivity index (χ1v) is 23.3. The van der Waals surface area contributed by atoms with Gasteiger partial charge in [0, 0.05) is 32.9 Å². The average molecular weight is 849 g/mol. The topological polar surface area (TPSA) is 9.86 Å². The predicted octanol–water partition coefficient (Wildman–Crippen LogP) is 16.8. The van der Waals surface area contributed by atoms with Crippen LogP contribution in [0.5, 0.6) is 0 Å². The molecule has 0 saturated carbocycles. The van der Waals surface area contributed by atoms with E-state index in [-0.39, 0.29) is 0 Å². The van der Waals surface area contributed by atoms with E-state index in [1.165, 1.54) is 121 Å². The van der Waals surface area contributed by atoms with Crippen LogP contribution in [-0.2, 0) is 5.41 Å². The molecule has 67 heavy (non-hydrogen) atoms. The van der Waals surface area contributed by atoms with Crippen molar-refractivity contribution in [2.24, 2.45) is 0 Å². The highest BCUT2D eigenvalue weighted by molar-refractivity contribution is 6.25. The Kier molecular flexibility index (Phi) is 7.46. The summed E-state index contributed by atoms with van der Waals surface area (Å²) in [5, 5.41) is 10.5. The number of nitrogens with zero attached hydrogens (tertiary/aromatic N) is 2. The summed E-state index contributed by atoms with van der Waals surface area (Å²) in [6.45, 7) is 0. The number of hydrogen-bond donors (Lipinski definition) is 0. The molecule has 2 aromatic heterocycles. The van der Waals surface area contributed by atoms with Gasteiger partial charge in [-0.1, -0.05) is 182 Å². The maximum atomic E-state index is 2.47. The molecule has 12 aromatic carbocycles. The first-order chi connectivity index (χ1) is 33.2. The Hall–Kier alpha value is -8.72. The molecule has 0 bridgehead atoms. The first kappa shape index (κ1) is 36.6. The second kappa shape index (κ2) is 13.7. The Morgan fingerprint density at radius 1 is 0.254 bits per heavy atom. The Balaban J connectivity index is 0.870. The molecule has 0 N–H and O–H groups in total. The molecule has 0 saturated heterocycles. The Morgan fingerprint density at radius 3 is 0.925 bits per heavy atom. The van der Waals surface area contributed by atoms with Crippen molar-refractivity contribution in [2.45, 2.75) is 5.41 Å². The summed E-state index contributed by atoms with van der Waals surface area (Å²) in [5.74, 6) is 0. The van der Waals surface area contributed by atoms with Crippen molar-refractivity contribution in [3.05, 3.63) is 265 Å². The highest BCUT2D eigenvalue weighted by Crippen LogP contribution is 2.57. The molecule has 1 aliphatic rings. The molecule has 0 unspecified atom stereocenters. The van der Waals surface area contributed by atoms with Gasteiger partial charge in [0.2, 0.25) is 0 Å². The molecule has 14 aromatic rings. The van der Waals surface area contributed by atoms with Crippen molar-refractivity contribution in [1.82, 2.24) is 9.13 Å².